The van der Waals surface area contributed by atoms with E-state index < -0.39 is 23.7 Å². The molecular weight excluding hydrogens is 584 g/mol. The van der Waals surface area contributed by atoms with Crippen LogP contribution < -0.4 is 21.1 Å². The summed E-state index contributed by atoms with van der Waals surface area (Å²) in [5.41, 5.74) is 10.9. The van der Waals surface area contributed by atoms with E-state index in [4.69, 9.17) is 29.3 Å². The van der Waals surface area contributed by atoms with E-state index in [1.54, 1.807) is 24.5 Å². The summed E-state index contributed by atoms with van der Waals surface area (Å²) in [6.07, 6.45) is 3.22. The van der Waals surface area contributed by atoms with Crippen molar-refractivity contribution in [3.05, 3.63) is 101 Å². The van der Waals surface area contributed by atoms with Crippen LogP contribution in [0.5, 0.6) is 11.5 Å². The predicted octanol–water partition coefficient (Wildman–Crippen LogP) is 5.36. The molecule has 6 N–H and O–H groups in total. The zero-order valence-electron chi connectivity index (χ0n) is 25.0. The Labute approximate surface area is 262 Å². The molecule has 1 spiro atoms. The molecule has 230 valence electrons. The van der Waals surface area contributed by atoms with Gasteiger partial charge in [-0.15, -0.1) is 0 Å². The summed E-state index contributed by atoms with van der Waals surface area (Å²) in [4.78, 5) is 26.3. The Kier molecular flexibility index (Phi) is 5.52. The fourth-order valence-corrected chi connectivity index (χ4v) is 7.21. The van der Waals surface area contributed by atoms with Gasteiger partial charge in [0.2, 0.25) is 17.7 Å². The molecule has 6 heterocycles. The van der Waals surface area contributed by atoms with E-state index in [9.17, 15) is 9.90 Å². The third-order valence-electron chi connectivity index (χ3n) is 9.44. The molecule has 11 nitrogen and oxygen atoms in total. The van der Waals surface area contributed by atoms with Gasteiger partial charge < -0.3 is 40.0 Å². The Morgan fingerprint density at radius 1 is 1.04 bits per heavy atom. The minimum atomic E-state index is -0.960. The summed E-state index contributed by atoms with van der Waals surface area (Å²) >= 11 is 0. The molecule has 0 fully saturated rings. The number of hydrogen-bond acceptors (Lipinski definition) is 9. The van der Waals surface area contributed by atoms with Crippen LogP contribution in [0.2, 0.25) is 0 Å². The van der Waals surface area contributed by atoms with Crippen LogP contribution in [0.3, 0.4) is 0 Å². The first-order valence-corrected chi connectivity index (χ1v) is 15.3. The molecule has 9 rings (SSSR count). The minimum absolute atomic E-state index is 0.0760. The summed E-state index contributed by atoms with van der Waals surface area (Å²) < 4.78 is 19.9. The fourth-order valence-electron chi connectivity index (χ4n) is 7.21. The number of rotatable bonds is 3. The molecule has 3 aromatic carbocycles. The van der Waals surface area contributed by atoms with Crippen molar-refractivity contribution in [3.8, 4) is 34.4 Å². The van der Waals surface area contributed by atoms with Crippen molar-refractivity contribution in [3.63, 3.8) is 0 Å². The van der Waals surface area contributed by atoms with Gasteiger partial charge in [0.15, 0.2) is 23.4 Å². The first-order valence-electron chi connectivity index (χ1n) is 15.3. The molecule has 6 aromatic rings. The Balaban J connectivity index is 1.32. The maximum absolute atomic E-state index is 13.4. The maximum Gasteiger partial charge on any atom is 0.249 e. The van der Waals surface area contributed by atoms with E-state index in [0.29, 0.717) is 40.8 Å². The lowest BCUT2D eigenvalue weighted by atomic mass is 9.72. The standard InChI is InChI=1S/C35H30N6O5/c1-16(2)27-33-41-29(32-38-15-26(44-32)19-14-37-28-18(19)6-5-9-24(28)42)30(46-33)35-20-7-3-4-8-23(20)39-34(35)45-25-11-10-17(12-21(25)35)13-22(36)31(43)40-27/h3-12,14-16,22,27,34,37,39,42H,13,36H2,1-2H3,(H,40,43)/t22-,27-,34?,35?/m0/s1. The number of aromatic nitrogens is 3. The minimum Gasteiger partial charge on any atom is -0.506 e. The quantitative estimate of drug-likeness (QED) is 0.177. The summed E-state index contributed by atoms with van der Waals surface area (Å²) in [5, 5.41) is 17.8. The number of benzene rings is 3. The van der Waals surface area contributed by atoms with Crippen LogP contribution in [0.1, 0.15) is 48.2 Å². The average Bonchev–Trinajstić information content (AvgIpc) is 3.86. The van der Waals surface area contributed by atoms with Crippen LogP contribution in [0.25, 0.3) is 33.8 Å². The molecule has 46 heavy (non-hydrogen) atoms. The van der Waals surface area contributed by atoms with Crippen LogP contribution in [0, 0.1) is 5.92 Å². The smallest absolute Gasteiger partial charge is 0.249 e. The number of nitrogens with one attached hydrogen (secondary N) is 3. The monoisotopic (exact) mass is 614 g/mol. The van der Waals surface area contributed by atoms with Crippen molar-refractivity contribution < 1.29 is 23.5 Å². The summed E-state index contributed by atoms with van der Waals surface area (Å²) in [6, 6.07) is 17.9. The normalized spacial score (nSPS) is 22.9. The number of H-pyrrole nitrogens is 1. The highest BCUT2D eigenvalue weighted by molar-refractivity contribution is 5.97. The van der Waals surface area contributed by atoms with Crippen molar-refractivity contribution in [2.24, 2.45) is 11.7 Å². The number of amides is 1. The molecule has 11 heteroatoms. The van der Waals surface area contributed by atoms with Gasteiger partial charge in [-0.25, -0.2) is 9.97 Å². The SMILES string of the molecule is CC(C)[C@@H]1NC(=O)[C@@H](N)Cc2ccc3c(c2)C2(c4ccccc4NC2O3)c2oc1nc2-c1ncc(-c2c[nH]c3c(O)cccc23)o1. The number of phenols is 1. The zero-order chi connectivity index (χ0) is 31.3. The van der Waals surface area contributed by atoms with Crippen molar-refractivity contribution in [2.45, 2.75) is 44.0 Å². The van der Waals surface area contributed by atoms with Crippen molar-refractivity contribution in [2.75, 3.05) is 5.32 Å². The van der Waals surface area contributed by atoms with Crippen LogP contribution in [0.15, 0.2) is 81.9 Å². The molecule has 0 aliphatic carbocycles. The second-order valence-corrected chi connectivity index (χ2v) is 12.5. The lowest BCUT2D eigenvalue weighted by molar-refractivity contribution is -0.123. The van der Waals surface area contributed by atoms with Gasteiger partial charge in [0.1, 0.15) is 23.0 Å². The number of para-hydroxylation sites is 2. The van der Waals surface area contributed by atoms with Gasteiger partial charge in [-0.1, -0.05) is 56.3 Å². The van der Waals surface area contributed by atoms with Gasteiger partial charge >= 0.3 is 0 Å². The second kappa shape index (κ2) is 9.48. The molecule has 1 amide bonds. The first kappa shape index (κ1) is 26.8. The van der Waals surface area contributed by atoms with E-state index in [0.717, 1.165) is 33.3 Å². The lowest BCUT2D eigenvalue weighted by Gasteiger charge is -2.28. The molecule has 0 saturated heterocycles. The van der Waals surface area contributed by atoms with Gasteiger partial charge in [-0.05, 0) is 41.7 Å². The Morgan fingerprint density at radius 2 is 1.91 bits per heavy atom. The topological polar surface area (TPSA) is 164 Å². The predicted molar refractivity (Wildman–Crippen MR) is 169 cm³/mol. The van der Waals surface area contributed by atoms with Crippen molar-refractivity contribution >= 4 is 22.5 Å². The molecule has 0 radical (unpaired) electrons. The van der Waals surface area contributed by atoms with E-state index >= 15 is 0 Å². The van der Waals surface area contributed by atoms with Gasteiger partial charge in [0.25, 0.3) is 0 Å². The number of aromatic hydroxyl groups is 1. The van der Waals surface area contributed by atoms with Crippen LogP contribution in [0.4, 0.5) is 5.69 Å². The molecule has 4 bridgehead atoms. The molecule has 3 aromatic heterocycles. The highest BCUT2D eigenvalue weighted by Crippen LogP contribution is 2.59. The summed E-state index contributed by atoms with van der Waals surface area (Å²) in [7, 11) is 0. The van der Waals surface area contributed by atoms with E-state index in [1.807, 2.05) is 50.2 Å². The number of fused-ring (bicyclic) bond motifs is 5. The highest BCUT2D eigenvalue weighted by atomic mass is 16.5. The summed E-state index contributed by atoms with van der Waals surface area (Å²) in [5.74, 6) is 2.02. The number of phenolic OH excluding ortho intramolecular Hbond substituents is 1. The van der Waals surface area contributed by atoms with E-state index in [2.05, 4.69) is 27.8 Å². The van der Waals surface area contributed by atoms with Gasteiger partial charge in [-0.2, -0.15) is 0 Å². The van der Waals surface area contributed by atoms with Crippen LogP contribution >= 0.6 is 0 Å². The molecular formula is C35H30N6O5. The van der Waals surface area contributed by atoms with Gasteiger partial charge in [0.05, 0.1) is 17.8 Å². The molecule has 2 unspecified atom stereocenters. The fraction of sp³-hybridized carbons (Fsp3) is 0.229. The number of aromatic amines is 1. The van der Waals surface area contributed by atoms with Crippen molar-refractivity contribution in [1.82, 2.24) is 20.3 Å². The Hall–Kier alpha value is -5.55. The highest BCUT2D eigenvalue weighted by Gasteiger charge is 2.61. The number of hydrogen-bond donors (Lipinski definition) is 5. The van der Waals surface area contributed by atoms with Gasteiger partial charge in [0, 0.05) is 28.4 Å². The number of anilines is 1. The third-order valence-corrected chi connectivity index (χ3v) is 9.44. The number of carbonyl (C=O) groups excluding carboxylic acids is 1. The third kappa shape index (κ3) is 3.60. The first-order chi connectivity index (χ1) is 22.3. The average molecular weight is 615 g/mol. The number of oxazole rings is 2. The van der Waals surface area contributed by atoms with Crippen molar-refractivity contribution in [1.29, 1.82) is 0 Å². The number of ether oxygens (including phenoxy) is 1. The molecule has 4 atom stereocenters. The van der Waals surface area contributed by atoms with Crippen LogP contribution in [-0.2, 0) is 16.6 Å². The zero-order valence-corrected chi connectivity index (χ0v) is 25.0. The molecule has 3 aliphatic heterocycles. The largest absolute Gasteiger partial charge is 0.506 e. The summed E-state index contributed by atoms with van der Waals surface area (Å²) in [6.45, 7) is 3.99. The molecule has 3 aliphatic rings. The number of nitrogens with zero attached hydrogens (tertiary/aromatic N) is 2. The molecule has 0 saturated carbocycles. The lowest BCUT2D eigenvalue weighted by Crippen LogP contribution is -2.45. The van der Waals surface area contributed by atoms with E-state index in [1.165, 1.54) is 0 Å². The Morgan fingerprint density at radius 3 is 2.78 bits per heavy atom. The van der Waals surface area contributed by atoms with Crippen LogP contribution in [-0.4, -0.2) is 38.2 Å². The van der Waals surface area contributed by atoms with E-state index in [-0.39, 0.29) is 23.5 Å². The Bertz CT molecular complexity index is 2200. The second-order valence-electron chi connectivity index (χ2n) is 12.5. The van der Waals surface area contributed by atoms with Gasteiger partial charge in [-0.3, -0.25) is 4.79 Å². The number of nitrogens with two attached hydrogens (primary N) is 1. The maximum atomic E-state index is 13.4. The number of carbonyl (C=O) groups is 1.